The molecule has 0 spiro atoms. The Morgan fingerprint density at radius 2 is 2.07 bits per heavy atom. The minimum absolute atomic E-state index is 0.189. The quantitative estimate of drug-likeness (QED) is 0.738. The van der Waals surface area contributed by atoms with E-state index in [0.29, 0.717) is 17.9 Å². The first kappa shape index (κ1) is 10.5. The Labute approximate surface area is 89.9 Å². The normalized spacial score (nSPS) is 24.6. The summed E-state index contributed by atoms with van der Waals surface area (Å²) in [4.78, 5) is 0. The van der Waals surface area contributed by atoms with Crippen molar-refractivity contribution in [2.45, 2.75) is 45.2 Å². The molecule has 1 aliphatic carbocycles. The molecule has 0 saturated heterocycles. The van der Waals surface area contributed by atoms with Crippen molar-refractivity contribution in [3.63, 3.8) is 0 Å². The van der Waals surface area contributed by atoms with E-state index in [1.807, 2.05) is 0 Å². The van der Waals surface area contributed by atoms with Crippen molar-refractivity contribution in [3.05, 3.63) is 28.8 Å². The lowest BCUT2D eigenvalue weighted by Crippen LogP contribution is -1.98. The smallest absolute Gasteiger partial charge is 0.126 e. The van der Waals surface area contributed by atoms with Gasteiger partial charge in [-0.05, 0) is 47.1 Å². The number of hydrogen-bond acceptors (Lipinski definition) is 1. The molecule has 2 unspecified atom stereocenters. The summed E-state index contributed by atoms with van der Waals surface area (Å²) < 4.78 is 13.7. The lowest BCUT2D eigenvalue weighted by molar-refractivity contribution is 0.331. The van der Waals surface area contributed by atoms with E-state index in [1.165, 1.54) is 0 Å². The molecule has 1 aliphatic rings. The summed E-state index contributed by atoms with van der Waals surface area (Å²) in [5, 5.41) is 9.56. The zero-order valence-corrected chi connectivity index (χ0v) is 9.42. The molecule has 0 saturated carbocycles. The van der Waals surface area contributed by atoms with Crippen LogP contribution in [0.4, 0.5) is 4.39 Å². The zero-order valence-electron chi connectivity index (χ0n) is 9.42. The molecule has 82 valence electrons. The van der Waals surface area contributed by atoms with Crippen LogP contribution in [0.3, 0.4) is 0 Å². The largest absolute Gasteiger partial charge is 0.508 e. The van der Waals surface area contributed by atoms with Crippen LogP contribution < -0.4 is 0 Å². The summed E-state index contributed by atoms with van der Waals surface area (Å²) in [5.41, 5.74) is 2.92. The Hall–Kier alpha value is -1.05. The summed E-state index contributed by atoms with van der Waals surface area (Å²) in [6.07, 6.45) is -0.349. The van der Waals surface area contributed by atoms with Crippen LogP contribution in [-0.4, -0.2) is 5.11 Å². The maximum absolute atomic E-state index is 13.7. The highest BCUT2D eigenvalue weighted by Crippen LogP contribution is 2.46. The number of rotatable bonds is 1. The van der Waals surface area contributed by atoms with E-state index in [2.05, 4.69) is 20.8 Å². The van der Waals surface area contributed by atoms with E-state index in [0.717, 1.165) is 11.1 Å². The summed E-state index contributed by atoms with van der Waals surface area (Å²) in [6.45, 7) is 6.21. The number of halogens is 1. The van der Waals surface area contributed by atoms with Crippen molar-refractivity contribution < 1.29 is 9.50 Å². The topological polar surface area (TPSA) is 20.2 Å². The van der Waals surface area contributed by atoms with E-state index < -0.39 is 6.17 Å². The van der Waals surface area contributed by atoms with Gasteiger partial charge in [-0.1, -0.05) is 20.8 Å². The molecular weight excluding hydrogens is 191 g/mol. The maximum atomic E-state index is 13.7. The van der Waals surface area contributed by atoms with Gasteiger partial charge in [-0.15, -0.1) is 0 Å². The number of aromatic hydroxyl groups is 1. The highest BCUT2D eigenvalue weighted by atomic mass is 19.1. The molecule has 0 aliphatic heterocycles. The molecule has 1 aromatic rings. The van der Waals surface area contributed by atoms with Crippen LogP contribution in [0.2, 0.25) is 0 Å². The van der Waals surface area contributed by atoms with Crippen LogP contribution in [0.1, 0.15) is 61.9 Å². The monoisotopic (exact) mass is 208 g/mol. The second kappa shape index (κ2) is 3.51. The van der Waals surface area contributed by atoms with Gasteiger partial charge in [0.15, 0.2) is 0 Å². The Bertz CT molecular complexity index is 384. The average Bonchev–Trinajstić information content (AvgIpc) is 2.41. The van der Waals surface area contributed by atoms with Crippen molar-refractivity contribution in [2.75, 3.05) is 0 Å². The second-order valence-corrected chi connectivity index (χ2v) is 4.80. The molecule has 2 heteroatoms. The lowest BCUT2D eigenvalue weighted by atomic mass is 9.90. The average molecular weight is 208 g/mol. The maximum Gasteiger partial charge on any atom is 0.126 e. The predicted molar refractivity (Wildman–Crippen MR) is 59.1 cm³/mol. The Balaban J connectivity index is 2.63. The summed E-state index contributed by atoms with van der Waals surface area (Å²) in [6, 6.07) is 3.35. The van der Waals surface area contributed by atoms with E-state index in [1.54, 1.807) is 12.1 Å². The highest BCUT2D eigenvalue weighted by molar-refractivity contribution is 5.48. The third kappa shape index (κ3) is 1.62. The van der Waals surface area contributed by atoms with Gasteiger partial charge in [0, 0.05) is 0 Å². The molecule has 1 nitrogen and oxygen atoms in total. The molecule has 0 fully saturated rings. The van der Waals surface area contributed by atoms with Gasteiger partial charge in [0.1, 0.15) is 11.9 Å². The van der Waals surface area contributed by atoms with Crippen molar-refractivity contribution in [1.29, 1.82) is 0 Å². The first-order valence-corrected chi connectivity index (χ1v) is 5.51. The fraction of sp³-hybridized carbons (Fsp3) is 0.538. The van der Waals surface area contributed by atoms with E-state index in [4.69, 9.17) is 0 Å². The number of phenols is 1. The van der Waals surface area contributed by atoms with Gasteiger partial charge in [0.25, 0.3) is 0 Å². The van der Waals surface area contributed by atoms with Gasteiger partial charge in [-0.25, -0.2) is 4.39 Å². The zero-order chi connectivity index (χ0) is 11.2. The van der Waals surface area contributed by atoms with Gasteiger partial charge < -0.3 is 5.11 Å². The van der Waals surface area contributed by atoms with Gasteiger partial charge >= 0.3 is 0 Å². The Morgan fingerprint density at radius 3 is 2.67 bits per heavy atom. The molecular formula is C13H17FO. The predicted octanol–water partition coefficient (Wildman–Crippen LogP) is 4.03. The minimum atomic E-state index is -0.903. The number of phenolic OH excluding ortho intramolecular Hbond substituents is 1. The fourth-order valence-corrected chi connectivity index (χ4v) is 2.54. The van der Waals surface area contributed by atoms with Gasteiger partial charge in [-0.2, -0.15) is 0 Å². The fourth-order valence-electron chi connectivity index (χ4n) is 2.54. The van der Waals surface area contributed by atoms with Gasteiger partial charge in [-0.3, -0.25) is 0 Å². The van der Waals surface area contributed by atoms with Crippen molar-refractivity contribution in [2.24, 2.45) is 0 Å². The third-order valence-electron chi connectivity index (χ3n) is 3.24. The standard InChI is InChI=1S/C13H17FO/c1-7(2)10-5-9(15)6-11-12(14)4-8(3)13(10)11/h5-8,12,15H,4H2,1-3H3. The third-order valence-corrected chi connectivity index (χ3v) is 3.24. The van der Waals surface area contributed by atoms with Crippen molar-refractivity contribution in [1.82, 2.24) is 0 Å². The Kier molecular flexibility index (Phi) is 2.45. The van der Waals surface area contributed by atoms with E-state index >= 15 is 0 Å². The van der Waals surface area contributed by atoms with Gasteiger partial charge in [0.2, 0.25) is 0 Å². The summed E-state index contributed by atoms with van der Waals surface area (Å²) >= 11 is 0. The Morgan fingerprint density at radius 1 is 1.40 bits per heavy atom. The van der Waals surface area contributed by atoms with Crippen LogP contribution in [0.5, 0.6) is 5.75 Å². The molecule has 0 bridgehead atoms. The molecule has 0 radical (unpaired) electrons. The minimum Gasteiger partial charge on any atom is -0.508 e. The van der Waals surface area contributed by atoms with E-state index in [9.17, 15) is 9.50 Å². The van der Waals surface area contributed by atoms with Crippen LogP contribution in [0.25, 0.3) is 0 Å². The SMILES string of the molecule is CC(C)c1cc(O)cc2c1C(C)CC2F. The number of alkyl halides is 1. The van der Waals surface area contributed by atoms with E-state index in [-0.39, 0.29) is 11.7 Å². The van der Waals surface area contributed by atoms with Crippen molar-refractivity contribution >= 4 is 0 Å². The number of fused-ring (bicyclic) bond motifs is 1. The first-order valence-electron chi connectivity index (χ1n) is 5.51. The summed E-state index contributed by atoms with van der Waals surface area (Å²) in [5.74, 6) is 0.792. The second-order valence-electron chi connectivity index (χ2n) is 4.80. The molecule has 2 atom stereocenters. The molecule has 15 heavy (non-hydrogen) atoms. The van der Waals surface area contributed by atoms with Crippen LogP contribution in [0.15, 0.2) is 12.1 Å². The molecule has 1 N–H and O–H groups in total. The highest BCUT2D eigenvalue weighted by Gasteiger charge is 2.31. The van der Waals surface area contributed by atoms with Crippen LogP contribution in [0, 0.1) is 0 Å². The van der Waals surface area contributed by atoms with Gasteiger partial charge in [0.05, 0.1) is 0 Å². The molecule has 0 amide bonds. The summed E-state index contributed by atoms with van der Waals surface area (Å²) in [7, 11) is 0. The molecule has 2 rings (SSSR count). The van der Waals surface area contributed by atoms with Crippen LogP contribution >= 0.6 is 0 Å². The number of benzene rings is 1. The van der Waals surface area contributed by atoms with Crippen molar-refractivity contribution in [3.8, 4) is 5.75 Å². The molecule has 0 heterocycles. The first-order chi connectivity index (χ1) is 7.00. The molecule has 0 aromatic heterocycles. The lowest BCUT2D eigenvalue weighted by Gasteiger charge is -2.15. The molecule has 1 aromatic carbocycles. The number of hydrogen-bond donors (Lipinski definition) is 1. The van der Waals surface area contributed by atoms with Crippen LogP contribution in [-0.2, 0) is 0 Å².